The Morgan fingerprint density at radius 1 is 0.684 bits per heavy atom. The van der Waals surface area contributed by atoms with Crippen LogP contribution in [0, 0.1) is 45.3 Å². The number of hydrogen-bond acceptors (Lipinski definition) is 12. The second-order valence-electron chi connectivity index (χ2n) is 7.25. The van der Waals surface area contributed by atoms with Crippen LogP contribution in [0.2, 0.25) is 0 Å². The van der Waals surface area contributed by atoms with Gasteiger partial charge in [-0.25, -0.2) is 9.97 Å². The van der Waals surface area contributed by atoms with Gasteiger partial charge in [-0.1, -0.05) is 23.5 Å². The van der Waals surface area contributed by atoms with Crippen molar-refractivity contribution in [3.8, 4) is 24.3 Å². The minimum Gasteiger partial charge on any atom is -0.383 e. The van der Waals surface area contributed by atoms with Gasteiger partial charge in [0, 0.05) is 11.4 Å². The Labute approximate surface area is 225 Å². The van der Waals surface area contributed by atoms with Crippen molar-refractivity contribution in [3.63, 3.8) is 0 Å². The molecule has 2 amide bonds. The molecule has 0 aliphatic rings. The second-order valence-corrected chi connectivity index (χ2v) is 9.17. The van der Waals surface area contributed by atoms with Crippen LogP contribution >= 0.6 is 23.5 Å². The largest absolute Gasteiger partial charge is 0.383 e. The van der Waals surface area contributed by atoms with Crippen LogP contribution in [-0.2, 0) is 9.59 Å². The summed E-state index contributed by atoms with van der Waals surface area (Å²) in [6.07, 6.45) is 0. The monoisotopic (exact) mass is 540 g/mol. The van der Waals surface area contributed by atoms with Gasteiger partial charge in [-0.2, -0.15) is 21.0 Å². The van der Waals surface area contributed by atoms with E-state index in [4.69, 9.17) is 22.0 Å². The molecule has 6 N–H and O–H groups in total. The minimum atomic E-state index is -0.362. The Hall–Kier alpha value is -5.28. The zero-order valence-corrected chi connectivity index (χ0v) is 21.0. The predicted octanol–water partition coefficient (Wildman–Crippen LogP) is 2.59. The number of carbonyl (C=O) groups excluding carboxylic acids is 2. The zero-order chi connectivity index (χ0) is 27.7. The molecule has 0 saturated carbocycles. The van der Waals surface area contributed by atoms with Crippen LogP contribution in [0.4, 0.5) is 23.0 Å². The standard InChI is InChI=1S/C24H16N10O2S2/c25-7-13-5-15(9-27)23(33-21(13)29)37-11-19(35)31-17-1-2-18(4-3-17)32-20(36)12-38-24-16(10-28)6-14(8-26)22(30)34-24/h1-6H,11-12H2,(H2,29,33)(H2,30,34)(H,31,35)(H,32,36). The summed E-state index contributed by atoms with van der Waals surface area (Å²) < 4.78 is 0. The number of nitrogens with one attached hydrogen (secondary N) is 2. The van der Waals surface area contributed by atoms with Crippen LogP contribution in [-0.4, -0.2) is 33.3 Å². The van der Waals surface area contributed by atoms with Crippen molar-refractivity contribution >= 4 is 58.3 Å². The molecule has 3 rings (SSSR count). The van der Waals surface area contributed by atoms with E-state index in [-0.39, 0.29) is 67.3 Å². The molecule has 186 valence electrons. The molecule has 0 atom stereocenters. The van der Waals surface area contributed by atoms with Gasteiger partial charge in [-0.15, -0.1) is 0 Å². The fourth-order valence-corrected chi connectivity index (χ4v) is 4.40. The minimum absolute atomic E-state index is 0.0201. The number of nitrogen functional groups attached to an aromatic ring is 2. The maximum Gasteiger partial charge on any atom is 0.234 e. The van der Waals surface area contributed by atoms with Gasteiger partial charge in [0.2, 0.25) is 11.8 Å². The highest BCUT2D eigenvalue weighted by atomic mass is 32.2. The molecule has 0 radical (unpaired) electrons. The van der Waals surface area contributed by atoms with Crippen molar-refractivity contribution < 1.29 is 9.59 Å². The molecule has 2 heterocycles. The molecule has 0 aliphatic heterocycles. The summed E-state index contributed by atoms with van der Waals surface area (Å²) in [5.74, 6) is -0.872. The van der Waals surface area contributed by atoms with E-state index >= 15 is 0 Å². The van der Waals surface area contributed by atoms with Crippen LogP contribution in [0.25, 0.3) is 0 Å². The fraction of sp³-hybridized carbons (Fsp3) is 0.0833. The molecule has 0 saturated heterocycles. The number of amides is 2. The lowest BCUT2D eigenvalue weighted by Gasteiger charge is -2.09. The first kappa shape index (κ1) is 27.3. The molecule has 2 aromatic heterocycles. The third-order valence-corrected chi connectivity index (χ3v) is 6.63. The molecule has 14 heteroatoms. The first-order valence-electron chi connectivity index (χ1n) is 10.4. The number of nitriles is 4. The molecule has 0 spiro atoms. The molecule has 1 aromatic carbocycles. The van der Waals surface area contributed by atoms with Crippen molar-refractivity contribution in [2.24, 2.45) is 0 Å². The lowest BCUT2D eigenvalue weighted by atomic mass is 10.2. The maximum atomic E-state index is 12.3. The van der Waals surface area contributed by atoms with Gasteiger partial charge < -0.3 is 22.1 Å². The van der Waals surface area contributed by atoms with Crippen molar-refractivity contribution in [2.75, 3.05) is 33.6 Å². The molecule has 0 unspecified atom stereocenters. The molecule has 12 nitrogen and oxygen atoms in total. The highest BCUT2D eigenvalue weighted by Gasteiger charge is 2.14. The van der Waals surface area contributed by atoms with Crippen LogP contribution in [0.15, 0.2) is 46.5 Å². The number of nitrogens with zero attached hydrogens (tertiary/aromatic N) is 6. The van der Waals surface area contributed by atoms with Gasteiger partial charge in [0.05, 0.1) is 33.8 Å². The number of benzene rings is 1. The van der Waals surface area contributed by atoms with Gasteiger partial charge in [0.15, 0.2) is 0 Å². The van der Waals surface area contributed by atoms with Crippen LogP contribution in [0.1, 0.15) is 22.3 Å². The maximum absolute atomic E-state index is 12.3. The lowest BCUT2D eigenvalue weighted by Crippen LogP contribution is -2.16. The summed E-state index contributed by atoms with van der Waals surface area (Å²) in [5.41, 5.74) is 12.8. The van der Waals surface area contributed by atoms with E-state index in [0.29, 0.717) is 11.4 Å². The van der Waals surface area contributed by atoms with E-state index < -0.39 is 0 Å². The average Bonchev–Trinajstić information content (AvgIpc) is 2.91. The van der Waals surface area contributed by atoms with Gasteiger partial charge in [0.1, 0.15) is 46.0 Å². The Kier molecular flexibility index (Phi) is 9.06. The second kappa shape index (κ2) is 12.6. The Morgan fingerprint density at radius 2 is 1.03 bits per heavy atom. The van der Waals surface area contributed by atoms with E-state index in [0.717, 1.165) is 23.5 Å². The number of anilines is 4. The third kappa shape index (κ3) is 6.90. The number of hydrogen-bond donors (Lipinski definition) is 4. The van der Waals surface area contributed by atoms with E-state index in [2.05, 4.69) is 20.6 Å². The highest BCUT2D eigenvalue weighted by molar-refractivity contribution is 8.00. The quantitative estimate of drug-likeness (QED) is 0.302. The highest BCUT2D eigenvalue weighted by Crippen LogP contribution is 2.25. The average molecular weight is 541 g/mol. The number of nitrogens with two attached hydrogens (primary N) is 2. The number of thioether (sulfide) groups is 2. The zero-order valence-electron chi connectivity index (χ0n) is 19.3. The smallest absolute Gasteiger partial charge is 0.234 e. The summed E-state index contributed by atoms with van der Waals surface area (Å²) in [6.45, 7) is 0. The van der Waals surface area contributed by atoms with Gasteiger partial charge in [-0.05, 0) is 36.4 Å². The Bertz CT molecular complexity index is 1460. The lowest BCUT2D eigenvalue weighted by molar-refractivity contribution is -0.114. The molecule has 0 aliphatic carbocycles. The molecular weight excluding hydrogens is 524 g/mol. The van der Waals surface area contributed by atoms with E-state index in [9.17, 15) is 20.1 Å². The van der Waals surface area contributed by atoms with Gasteiger partial charge in [-0.3, -0.25) is 9.59 Å². The van der Waals surface area contributed by atoms with E-state index in [1.54, 1.807) is 24.3 Å². The topological polar surface area (TPSA) is 231 Å². The number of carbonyl (C=O) groups is 2. The van der Waals surface area contributed by atoms with Crippen molar-refractivity contribution in [1.29, 1.82) is 21.0 Å². The van der Waals surface area contributed by atoms with Crippen molar-refractivity contribution in [3.05, 3.63) is 58.7 Å². The van der Waals surface area contributed by atoms with E-state index in [1.165, 1.54) is 12.1 Å². The summed E-state index contributed by atoms with van der Waals surface area (Å²) in [7, 11) is 0. The molecule has 38 heavy (non-hydrogen) atoms. The molecule has 3 aromatic rings. The van der Waals surface area contributed by atoms with Crippen LogP contribution in [0.5, 0.6) is 0 Å². The molecule has 0 bridgehead atoms. The van der Waals surface area contributed by atoms with Crippen molar-refractivity contribution in [2.45, 2.75) is 10.1 Å². The molecular formula is C24H16N10O2S2. The first-order valence-corrected chi connectivity index (χ1v) is 12.4. The van der Waals surface area contributed by atoms with Crippen LogP contribution in [0.3, 0.4) is 0 Å². The fourth-order valence-electron chi connectivity index (χ4n) is 2.88. The van der Waals surface area contributed by atoms with Crippen molar-refractivity contribution in [1.82, 2.24) is 9.97 Å². The van der Waals surface area contributed by atoms with Gasteiger partial charge >= 0.3 is 0 Å². The number of pyridine rings is 2. The normalized spacial score (nSPS) is 9.79. The third-order valence-electron chi connectivity index (χ3n) is 4.65. The number of rotatable bonds is 8. The number of aromatic nitrogens is 2. The van der Waals surface area contributed by atoms with Crippen LogP contribution < -0.4 is 22.1 Å². The summed E-state index contributed by atoms with van der Waals surface area (Å²) >= 11 is 2.02. The summed E-state index contributed by atoms with van der Waals surface area (Å²) in [5, 5.41) is 42.4. The van der Waals surface area contributed by atoms with Gasteiger partial charge in [0.25, 0.3) is 0 Å². The predicted molar refractivity (Wildman–Crippen MR) is 141 cm³/mol. The van der Waals surface area contributed by atoms with E-state index in [1.807, 2.05) is 24.3 Å². The molecule has 0 fully saturated rings. The summed E-state index contributed by atoms with van der Waals surface area (Å²) in [6, 6.07) is 16.6. The first-order chi connectivity index (χ1) is 18.3. The SMILES string of the molecule is N#Cc1cc(C#N)c(SCC(=O)Nc2ccc(NC(=O)CSc3nc(N)c(C#N)cc3C#N)cc2)nc1N. The Balaban J connectivity index is 1.53. The Morgan fingerprint density at radius 3 is 1.34 bits per heavy atom. The summed E-state index contributed by atoms with van der Waals surface area (Å²) in [4.78, 5) is 32.7.